The molecular formula is C16H26N4. The molecule has 4 heteroatoms. The van der Waals surface area contributed by atoms with Crippen molar-refractivity contribution < 1.29 is 0 Å². The summed E-state index contributed by atoms with van der Waals surface area (Å²) in [6, 6.07) is 5.41. The molecule has 0 amide bonds. The van der Waals surface area contributed by atoms with E-state index >= 15 is 0 Å². The Balaban J connectivity index is 1.55. The molecular weight excluding hydrogens is 248 g/mol. The van der Waals surface area contributed by atoms with Crippen LogP contribution in [0.2, 0.25) is 0 Å². The van der Waals surface area contributed by atoms with Gasteiger partial charge in [0.25, 0.3) is 0 Å². The summed E-state index contributed by atoms with van der Waals surface area (Å²) in [5.74, 6) is 1.03. The van der Waals surface area contributed by atoms with Crippen LogP contribution >= 0.6 is 0 Å². The zero-order valence-corrected chi connectivity index (χ0v) is 12.3. The molecule has 1 aromatic heterocycles. The number of hydrogen-bond donors (Lipinski definition) is 1. The molecule has 0 spiro atoms. The molecule has 2 heterocycles. The Morgan fingerprint density at radius 2 is 1.80 bits per heavy atom. The SMILES string of the molecule is c1cnnc(N2CCCC(NC3CCCCCC3)C2)c1. The second kappa shape index (κ2) is 7.02. The first-order chi connectivity index (χ1) is 9.92. The van der Waals surface area contributed by atoms with Crippen molar-refractivity contribution in [2.45, 2.75) is 63.5 Å². The molecule has 3 rings (SSSR count). The average Bonchev–Trinajstić information content (AvgIpc) is 2.77. The van der Waals surface area contributed by atoms with Gasteiger partial charge < -0.3 is 10.2 Å². The van der Waals surface area contributed by atoms with Crippen LogP contribution in [0.5, 0.6) is 0 Å². The lowest BCUT2D eigenvalue weighted by Gasteiger charge is -2.35. The van der Waals surface area contributed by atoms with Crippen molar-refractivity contribution in [3.8, 4) is 0 Å². The highest BCUT2D eigenvalue weighted by atomic mass is 15.3. The van der Waals surface area contributed by atoms with E-state index in [1.54, 1.807) is 6.20 Å². The number of anilines is 1. The summed E-state index contributed by atoms with van der Waals surface area (Å²) < 4.78 is 0. The van der Waals surface area contributed by atoms with Gasteiger partial charge in [-0.1, -0.05) is 25.7 Å². The van der Waals surface area contributed by atoms with Crippen LogP contribution in [0.1, 0.15) is 51.4 Å². The fourth-order valence-electron chi connectivity index (χ4n) is 3.56. The second-order valence-corrected chi connectivity index (χ2v) is 6.22. The molecule has 0 aromatic carbocycles. The minimum absolute atomic E-state index is 0.619. The van der Waals surface area contributed by atoms with E-state index in [4.69, 9.17) is 0 Å². The van der Waals surface area contributed by atoms with Crippen molar-refractivity contribution in [2.24, 2.45) is 0 Å². The number of nitrogens with zero attached hydrogens (tertiary/aromatic N) is 3. The highest BCUT2D eigenvalue weighted by Gasteiger charge is 2.23. The Labute approximate surface area is 122 Å². The van der Waals surface area contributed by atoms with E-state index in [0.717, 1.165) is 24.9 Å². The van der Waals surface area contributed by atoms with E-state index in [1.165, 1.54) is 51.4 Å². The summed E-state index contributed by atoms with van der Waals surface area (Å²) in [5, 5.41) is 12.2. The molecule has 2 aliphatic rings. The summed E-state index contributed by atoms with van der Waals surface area (Å²) in [4.78, 5) is 2.38. The van der Waals surface area contributed by atoms with Gasteiger partial charge in [0.05, 0.1) is 0 Å². The van der Waals surface area contributed by atoms with Crippen molar-refractivity contribution in [3.63, 3.8) is 0 Å². The maximum absolute atomic E-state index is 4.25. The Kier molecular flexibility index (Phi) is 4.85. The summed E-state index contributed by atoms with van der Waals surface area (Å²) in [6.07, 6.45) is 12.7. The number of nitrogens with one attached hydrogen (secondary N) is 1. The molecule has 1 atom stereocenters. The first-order valence-electron chi connectivity index (χ1n) is 8.20. The van der Waals surface area contributed by atoms with E-state index in [0.29, 0.717) is 6.04 Å². The topological polar surface area (TPSA) is 41.1 Å². The predicted molar refractivity (Wildman–Crippen MR) is 81.9 cm³/mol. The molecule has 1 saturated carbocycles. The van der Waals surface area contributed by atoms with Gasteiger partial charge in [0.15, 0.2) is 5.82 Å². The van der Waals surface area contributed by atoms with Crippen LogP contribution in [-0.2, 0) is 0 Å². The molecule has 0 radical (unpaired) electrons. The van der Waals surface area contributed by atoms with Gasteiger partial charge in [-0.3, -0.25) is 0 Å². The maximum Gasteiger partial charge on any atom is 0.151 e. The number of piperidine rings is 1. The van der Waals surface area contributed by atoms with Crippen molar-refractivity contribution >= 4 is 5.82 Å². The van der Waals surface area contributed by atoms with E-state index < -0.39 is 0 Å². The Bertz CT molecular complexity index is 387. The van der Waals surface area contributed by atoms with Crippen LogP contribution in [-0.4, -0.2) is 35.4 Å². The number of rotatable bonds is 3. The molecule has 1 N–H and O–H groups in total. The van der Waals surface area contributed by atoms with E-state index in [2.05, 4.69) is 26.5 Å². The Morgan fingerprint density at radius 1 is 1.00 bits per heavy atom. The molecule has 1 aliphatic carbocycles. The summed E-state index contributed by atoms with van der Waals surface area (Å²) >= 11 is 0. The van der Waals surface area contributed by atoms with Crippen LogP contribution in [0.4, 0.5) is 5.82 Å². The summed E-state index contributed by atoms with van der Waals surface area (Å²) in [5.41, 5.74) is 0. The fraction of sp³-hybridized carbons (Fsp3) is 0.750. The smallest absolute Gasteiger partial charge is 0.151 e. The minimum atomic E-state index is 0.619. The third-order valence-corrected chi connectivity index (χ3v) is 4.63. The normalized spacial score (nSPS) is 25.4. The number of aromatic nitrogens is 2. The van der Waals surface area contributed by atoms with Crippen molar-refractivity contribution in [1.29, 1.82) is 0 Å². The molecule has 1 aromatic rings. The van der Waals surface area contributed by atoms with Crippen molar-refractivity contribution in [1.82, 2.24) is 15.5 Å². The zero-order valence-electron chi connectivity index (χ0n) is 12.3. The summed E-state index contributed by atoms with van der Waals surface area (Å²) in [6.45, 7) is 2.19. The van der Waals surface area contributed by atoms with Crippen LogP contribution in [0, 0.1) is 0 Å². The van der Waals surface area contributed by atoms with Gasteiger partial charge >= 0.3 is 0 Å². The Morgan fingerprint density at radius 3 is 2.55 bits per heavy atom. The van der Waals surface area contributed by atoms with Gasteiger partial charge in [-0.2, -0.15) is 5.10 Å². The van der Waals surface area contributed by atoms with Gasteiger partial charge in [0, 0.05) is 31.4 Å². The van der Waals surface area contributed by atoms with Crippen molar-refractivity contribution in [2.75, 3.05) is 18.0 Å². The standard InChI is InChI=1S/C16H26N4/c1-2-4-8-14(7-3-1)18-15-9-6-12-20(13-15)16-10-5-11-17-19-16/h5,10-11,14-15,18H,1-4,6-9,12-13H2. The second-order valence-electron chi connectivity index (χ2n) is 6.22. The molecule has 1 unspecified atom stereocenters. The lowest BCUT2D eigenvalue weighted by molar-refractivity contribution is 0.350. The average molecular weight is 274 g/mol. The monoisotopic (exact) mass is 274 g/mol. The number of hydrogen-bond acceptors (Lipinski definition) is 4. The third-order valence-electron chi connectivity index (χ3n) is 4.63. The van der Waals surface area contributed by atoms with E-state index in [-0.39, 0.29) is 0 Å². The van der Waals surface area contributed by atoms with Crippen LogP contribution in [0.15, 0.2) is 18.3 Å². The molecule has 20 heavy (non-hydrogen) atoms. The van der Waals surface area contributed by atoms with Gasteiger partial charge in [0.1, 0.15) is 0 Å². The molecule has 1 aliphatic heterocycles. The molecule has 110 valence electrons. The zero-order chi connectivity index (χ0) is 13.6. The highest BCUT2D eigenvalue weighted by Crippen LogP contribution is 2.21. The van der Waals surface area contributed by atoms with E-state index in [1.807, 2.05) is 6.07 Å². The molecule has 2 fully saturated rings. The maximum atomic E-state index is 4.25. The molecule has 0 bridgehead atoms. The summed E-state index contributed by atoms with van der Waals surface area (Å²) in [7, 11) is 0. The first-order valence-corrected chi connectivity index (χ1v) is 8.20. The van der Waals surface area contributed by atoms with Crippen molar-refractivity contribution in [3.05, 3.63) is 18.3 Å². The lowest BCUT2D eigenvalue weighted by Crippen LogP contribution is -2.49. The Hall–Kier alpha value is -1.16. The van der Waals surface area contributed by atoms with E-state index in [9.17, 15) is 0 Å². The molecule has 4 nitrogen and oxygen atoms in total. The van der Waals surface area contributed by atoms with Crippen LogP contribution in [0.3, 0.4) is 0 Å². The van der Waals surface area contributed by atoms with Gasteiger partial charge in [-0.05, 0) is 37.8 Å². The highest BCUT2D eigenvalue weighted by molar-refractivity contribution is 5.37. The fourth-order valence-corrected chi connectivity index (χ4v) is 3.56. The quantitative estimate of drug-likeness (QED) is 0.861. The van der Waals surface area contributed by atoms with Gasteiger partial charge in [-0.15, -0.1) is 5.10 Å². The lowest BCUT2D eigenvalue weighted by atomic mass is 10.0. The minimum Gasteiger partial charge on any atom is -0.354 e. The largest absolute Gasteiger partial charge is 0.354 e. The first kappa shape index (κ1) is 13.8. The molecule has 1 saturated heterocycles. The third kappa shape index (κ3) is 3.69. The van der Waals surface area contributed by atoms with Gasteiger partial charge in [-0.25, -0.2) is 0 Å². The van der Waals surface area contributed by atoms with Crippen LogP contribution < -0.4 is 10.2 Å². The van der Waals surface area contributed by atoms with Crippen LogP contribution in [0.25, 0.3) is 0 Å². The van der Waals surface area contributed by atoms with Gasteiger partial charge in [0.2, 0.25) is 0 Å². The predicted octanol–water partition coefficient (Wildman–Crippen LogP) is 2.76.